The maximum Gasteiger partial charge on any atom is 0.00553 e. The van der Waals surface area contributed by atoms with Gasteiger partial charge in [-0.25, -0.2) is 0 Å². The third-order valence-corrected chi connectivity index (χ3v) is 3.22. The molecule has 0 heterocycles. The zero-order valence-corrected chi connectivity index (χ0v) is 10.7. The normalized spacial score (nSPS) is 11.7. The lowest BCUT2D eigenvalue weighted by Gasteiger charge is -2.25. The van der Waals surface area contributed by atoms with Crippen molar-refractivity contribution in [3.63, 3.8) is 0 Å². The molecule has 0 aliphatic heterocycles. The van der Waals surface area contributed by atoms with E-state index in [0.29, 0.717) is 0 Å². The number of nitrogens with one attached hydrogen (secondary N) is 1. The highest BCUT2D eigenvalue weighted by Crippen LogP contribution is 2.21. The van der Waals surface area contributed by atoms with Gasteiger partial charge >= 0.3 is 0 Å². The van der Waals surface area contributed by atoms with Crippen molar-refractivity contribution >= 4 is 11.8 Å². The van der Waals surface area contributed by atoms with Gasteiger partial charge in [-0.05, 0) is 11.8 Å². The van der Waals surface area contributed by atoms with Gasteiger partial charge in [-0.15, -0.1) is 0 Å². The molecular formula is C13H21NS. The van der Waals surface area contributed by atoms with Crippen molar-refractivity contribution in [3.05, 3.63) is 35.9 Å². The lowest BCUT2D eigenvalue weighted by molar-refractivity contribution is 0.479. The predicted molar refractivity (Wildman–Crippen MR) is 70.7 cm³/mol. The first-order valence-corrected chi connectivity index (χ1v) is 6.81. The second kappa shape index (κ2) is 6.19. The average Bonchev–Trinajstić information content (AvgIpc) is 2.26. The molecule has 84 valence electrons. The average molecular weight is 223 g/mol. The van der Waals surface area contributed by atoms with Crippen LogP contribution < -0.4 is 5.32 Å². The van der Waals surface area contributed by atoms with Gasteiger partial charge < -0.3 is 5.32 Å². The second-order valence-electron chi connectivity index (χ2n) is 4.42. The van der Waals surface area contributed by atoms with Crippen LogP contribution in [0, 0.1) is 0 Å². The fourth-order valence-corrected chi connectivity index (χ4v) is 1.91. The molecule has 0 amide bonds. The molecule has 0 spiro atoms. The topological polar surface area (TPSA) is 12.0 Å². The van der Waals surface area contributed by atoms with Crippen molar-refractivity contribution < 1.29 is 0 Å². The fourth-order valence-electron chi connectivity index (χ4n) is 1.57. The zero-order chi connectivity index (χ0) is 11.1. The SMILES string of the molecule is CSCCNCC(C)(C)c1ccccc1. The Morgan fingerprint density at radius 3 is 2.47 bits per heavy atom. The van der Waals surface area contributed by atoms with Gasteiger partial charge in [-0.3, -0.25) is 0 Å². The minimum absolute atomic E-state index is 0.222. The van der Waals surface area contributed by atoms with Gasteiger partial charge in [0.15, 0.2) is 0 Å². The van der Waals surface area contributed by atoms with E-state index in [4.69, 9.17) is 0 Å². The van der Waals surface area contributed by atoms with Gasteiger partial charge in [-0.1, -0.05) is 44.2 Å². The Morgan fingerprint density at radius 2 is 1.87 bits per heavy atom. The van der Waals surface area contributed by atoms with Crippen molar-refractivity contribution in [1.29, 1.82) is 0 Å². The number of benzene rings is 1. The molecule has 0 aliphatic carbocycles. The van der Waals surface area contributed by atoms with Crippen molar-refractivity contribution in [2.45, 2.75) is 19.3 Å². The monoisotopic (exact) mass is 223 g/mol. The molecule has 0 saturated heterocycles. The van der Waals surface area contributed by atoms with Gasteiger partial charge in [0.1, 0.15) is 0 Å². The summed E-state index contributed by atoms with van der Waals surface area (Å²) in [4.78, 5) is 0. The van der Waals surface area contributed by atoms with Crippen LogP contribution in [0.2, 0.25) is 0 Å². The Kier molecular flexibility index (Phi) is 5.20. The Bertz CT molecular complexity index is 269. The second-order valence-corrected chi connectivity index (χ2v) is 5.41. The first kappa shape index (κ1) is 12.6. The van der Waals surface area contributed by atoms with E-state index in [9.17, 15) is 0 Å². The molecule has 1 aromatic carbocycles. The molecular weight excluding hydrogens is 202 g/mol. The van der Waals surface area contributed by atoms with E-state index in [2.05, 4.69) is 55.8 Å². The van der Waals surface area contributed by atoms with Crippen LogP contribution in [0.1, 0.15) is 19.4 Å². The summed E-state index contributed by atoms with van der Waals surface area (Å²) in [5.74, 6) is 1.19. The molecule has 1 rings (SSSR count). The van der Waals surface area contributed by atoms with Crippen molar-refractivity contribution in [2.75, 3.05) is 25.1 Å². The lowest BCUT2D eigenvalue weighted by Crippen LogP contribution is -2.34. The summed E-state index contributed by atoms with van der Waals surface area (Å²) in [7, 11) is 0. The minimum Gasteiger partial charge on any atom is -0.315 e. The van der Waals surface area contributed by atoms with E-state index < -0.39 is 0 Å². The highest BCUT2D eigenvalue weighted by Gasteiger charge is 2.19. The van der Waals surface area contributed by atoms with Crippen LogP contribution in [-0.4, -0.2) is 25.1 Å². The quantitative estimate of drug-likeness (QED) is 0.744. The van der Waals surface area contributed by atoms with Crippen LogP contribution in [0.5, 0.6) is 0 Å². The van der Waals surface area contributed by atoms with E-state index in [0.717, 1.165) is 13.1 Å². The summed E-state index contributed by atoms with van der Waals surface area (Å²) in [6, 6.07) is 10.7. The van der Waals surface area contributed by atoms with Gasteiger partial charge in [0, 0.05) is 24.3 Å². The van der Waals surface area contributed by atoms with E-state index in [1.807, 2.05) is 11.8 Å². The van der Waals surface area contributed by atoms with Gasteiger partial charge in [0.25, 0.3) is 0 Å². The molecule has 1 N–H and O–H groups in total. The van der Waals surface area contributed by atoms with Gasteiger partial charge in [0.05, 0.1) is 0 Å². The highest BCUT2D eigenvalue weighted by molar-refractivity contribution is 7.98. The van der Waals surface area contributed by atoms with E-state index in [-0.39, 0.29) is 5.41 Å². The molecule has 1 nitrogen and oxygen atoms in total. The van der Waals surface area contributed by atoms with E-state index >= 15 is 0 Å². The first-order chi connectivity index (χ1) is 7.17. The Labute approximate surface area is 97.7 Å². The van der Waals surface area contributed by atoms with E-state index in [1.165, 1.54) is 11.3 Å². The number of rotatable bonds is 6. The first-order valence-electron chi connectivity index (χ1n) is 5.42. The van der Waals surface area contributed by atoms with Crippen molar-refractivity contribution in [1.82, 2.24) is 5.32 Å². The zero-order valence-electron chi connectivity index (χ0n) is 9.92. The predicted octanol–water partition coefficient (Wildman–Crippen LogP) is 2.92. The molecule has 0 aliphatic rings. The fraction of sp³-hybridized carbons (Fsp3) is 0.538. The molecule has 2 heteroatoms. The summed E-state index contributed by atoms with van der Waals surface area (Å²) in [5, 5.41) is 3.50. The molecule has 1 aromatic rings. The molecule has 0 unspecified atom stereocenters. The molecule has 0 aromatic heterocycles. The third-order valence-electron chi connectivity index (χ3n) is 2.61. The molecule has 0 bridgehead atoms. The Hall–Kier alpha value is -0.470. The summed E-state index contributed by atoms with van der Waals surface area (Å²) < 4.78 is 0. The lowest BCUT2D eigenvalue weighted by atomic mass is 9.85. The molecule has 0 atom stereocenters. The van der Waals surface area contributed by atoms with E-state index in [1.54, 1.807) is 0 Å². The summed E-state index contributed by atoms with van der Waals surface area (Å²) in [6.45, 7) is 6.71. The van der Waals surface area contributed by atoms with Gasteiger partial charge in [-0.2, -0.15) is 11.8 Å². The molecule has 15 heavy (non-hydrogen) atoms. The van der Waals surface area contributed by atoms with Crippen LogP contribution >= 0.6 is 11.8 Å². The van der Waals surface area contributed by atoms with Crippen LogP contribution in [0.4, 0.5) is 0 Å². The number of hydrogen-bond acceptors (Lipinski definition) is 2. The molecule has 0 fully saturated rings. The number of thioether (sulfide) groups is 1. The van der Waals surface area contributed by atoms with Crippen molar-refractivity contribution in [3.8, 4) is 0 Å². The van der Waals surface area contributed by atoms with Crippen LogP contribution in [0.25, 0.3) is 0 Å². The Morgan fingerprint density at radius 1 is 1.20 bits per heavy atom. The maximum absolute atomic E-state index is 3.50. The summed E-state index contributed by atoms with van der Waals surface area (Å²) in [6.07, 6.45) is 2.14. The summed E-state index contributed by atoms with van der Waals surface area (Å²) >= 11 is 1.89. The third kappa shape index (κ3) is 4.27. The Balaban J connectivity index is 2.45. The smallest absolute Gasteiger partial charge is 0.00553 e. The standard InChI is InChI=1S/C13H21NS/c1-13(2,11-14-9-10-15-3)12-7-5-4-6-8-12/h4-8,14H,9-11H2,1-3H3. The van der Waals surface area contributed by atoms with Crippen LogP contribution in [0.3, 0.4) is 0 Å². The van der Waals surface area contributed by atoms with Crippen LogP contribution in [0.15, 0.2) is 30.3 Å². The summed E-state index contributed by atoms with van der Waals surface area (Å²) in [5.41, 5.74) is 1.63. The van der Waals surface area contributed by atoms with Crippen LogP contribution in [-0.2, 0) is 5.41 Å². The minimum atomic E-state index is 0.222. The number of hydrogen-bond donors (Lipinski definition) is 1. The molecule has 0 saturated carbocycles. The van der Waals surface area contributed by atoms with Crippen molar-refractivity contribution in [2.24, 2.45) is 0 Å². The largest absolute Gasteiger partial charge is 0.315 e. The van der Waals surface area contributed by atoms with Gasteiger partial charge in [0.2, 0.25) is 0 Å². The maximum atomic E-state index is 3.50. The highest BCUT2D eigenvalue weighted by atomic mass is 32.2. The molecule has 0 radical (unpaired) electrons.